The van der Waals surface area contributed by atoms with Gasteiger partial charge < -0.3 is 20.2 Å². The lowest BCUT2D eigenvalue weighted by molar-refractivity contribution is -0.140. The number of benzene rings is 2. The maximum absolute atomic E-state index is 13.8. The molecule has 4 rings (SSSR count). The number of hydrogen-bond donors (Lipinski definition) is 2. The van der Waals surface area contributed by atoms with E-state index >= 15 is 0 Å². The van der Waals surface area contributed by atoms with Crippen molar-refractivity contribution >= 4 is 46.8 Å². The molecule has 0 saturated carbocycles. The summed E-state index contributed by atoms with van der Waals surface area (Å²) in [6.45, 7) is 6.03. The van der Waals surface area contributed by atoms with Crippen molar-refractivity contribution in [2.45, 2.75) is 58.4 Å². The Bertz CT molecular complexity index is 1220. The molecule has 1 unspecified atom stereocenters. The van der Waals surface area contributed by atoms with Gasteiger partial charge in [0, 0.05) is 53.7 Å². The first-order chi connectivity index (χ1) is 19.6. The monoisotopic (exact) mass is 602 g/mol. The number of likely N-dealkylation sites (tertiary alicyclic amines) is 1. The van der Waals surface area contributed by atoms with Crippen molar-refractivity contribution in [1.29, 1.82) is 0 Å². The largest absolute Gasteiger partial charge is 0.481 e. The van der Waals surface area contributed by atoms with Gasteiger partial charge in [-0.1, -0.05) is 59.8 Å². The lowest BCUT2D eigenvalue weighted by atomic mass is 9.78. The molecule has 2 aliphatic heterocycles. The van der Waals surface area contributed by atoms with Crippen LogP contribution in [0.3, 0.4) is 0 Å². The van der Waals surface area contributed by atoms with Crippen molar-refractivity contribution in [1.82, 2.24) is 15.1 Å². The van der Waals surface area contributed by atoms with Crippen LogP contribution in [0.5, 0.6) is 0 Å². The third-order valence-corrected chi connectivity index (χ3v) is 8.56. The van der Waals surface area contributed by atoms with Gasteiger partial charge in [-0.3, -0.25) is 14.5 Å². The van der Waals surface area contributed by atoms with E-state index in [1.54, 1.807) is 28.0 Å². The SMILES string of the molecule is Cc1ccc(N2CC(CC(=O)O)(CC(=O)NCCCN3CCCCCC3)CN(Cc3ccc(Cl)cc3Cl)C2=O)cc1. The number of carbonyl (C=O) groups is 3. The van der Waals surface area contributed by atoms with E-state index in [0.717, 1.165) is 31.6 Å². The molecule has 1 atom stereocenters. The summed E-state index contributed by atoms with van der Waals surface area (Å²) in [7, 11) is 0. The zero-order chi connectivity index (χ0) is 29.4. The second-order valence-corrected chi connectivity index (χ2v) is 12.3. The normalized spacial score (nSPS) is 20.1. The van der Waals surface area contributed by atoms with E-state index < -0.39 is 11.4 Å². The van der Waals surface area contributed by atoms with Crippen molar-refractivity contribution in [3.05, 3.63) is 63.6 Å². The van der Waals surface area contributed by atoms with Crippen LogP contribution < -0.4 is 10.2 Å². The van der Waals surface area contributed by atoms with E-state index in [0.29, 0.717) is 27.8 Å². The molecule has 0 aliphatic carbocycles. The first-order valence-electron chi connectivity index (χ1n) is 14.4. The molecule has 0 bridgehead atoms. The lowest BCUT2D eigenvalue weighted by Crippen LogP contribution is -2.60. The Morgan fingerprint density at radius 3 is 2.34 bits per heavy atom. The Morgan fingerprint density at radius 2 is 1.68 bits per heavy atom. The zero-order valence-corrected chi connectivity index (χ0v) is 25.2. The summed E-state index contributed by atoms with van der Waals surface area (Å²) in [6, 6.07) is 12.3. The van der Waals surface area contributed by atoms with Crippen molar-refractivity contribution < 1.29 is 19.5 Å². The maximum Gasteiger partial charge on any atom is 0.324 e. The molecule has 2 saturated heterocycles. The predicted octanol–water partition coefficient (Wildman–Crippen LogP) is 5.98. The number of carboxylic acid groups (broad SMARTS) is 1. The van der Waals surface area contributed by atoms with Gasteiger partial charge in [0.2, 0.25) is 5.91 Å². The number of carbonyl (C=O) groups excluding carboxylic acids is 2. The fourth-order valence-electron chi connectivity index (χ4n) is 5.90. The van der Waals surface area contributed by atoms with Gasteiger partial charge in [-0.15, -0.1) is 0 Å². The van der Waals surface area contributed by atoms with E-state index in [4.69, 9.17) is 23.2 Å². The van der Waals surface area contributed by atoms with Crippen molar-refractivity contribution in [2.24, 2.45) is 5.41 Å². The molecule has 41 heavy (non-hydrogen) atoms. The van der Waals surface area contributed by atoms with E-state index in [9.17, 15) is 19.5 Å². The number of carboxylic acids is 1. The van der Waals surface area contributed by atoms with Crippen LogP contribution in [0.1, 0.15) is 56.1 Å². The summed E-state index contributed by atoms with van der Waals surface area (Å²) >= 11 is 12.5. The number of anilines is 1. The number of aliphatic carboxylic acids is 1. The van der Waals surface area contributed by atoms with E-state index in [2.05, 4.69) is 10.2 Å². The number of halogens is 2. The highest BCUT2D eigenvalue weighted by atomic mass is 35.5. The smallest absolute Gasteiger partial charge is 0.324 e. The molecule has 2 N–H and O–H groups in total. The highest BCUT2D eigenvalue weighted by Crippen LogP contribution is 2.37. The van der Waals surface area contributed by atoms with Crippen LogP contribution in [0.4, 0.5) is 10.5 Å². The Balaban J connectivity index is 1.52. The van der Waals surface area contributed by atoms with E-state index in [-0.39, 0.29) is 44.4 Å². The topological polar surface area (TPSA) is 93.2 Å². The van der Waals surface area contributed by atoms with Crippen LogP contribution >= 0.6 is 23.2 Å². The fraction of sp³-hybridized carbons (Fsp3) is 0.516. The van der Waals surface area contributed by atoms with Crippen molar-refractivity contribution in [2.75, 3.05) is 44.2 Å². The van der Waals surface area contributed by atoms with Crippen LogP contribution in [-0.2, 0) is 16.1 Å². The molecule has 0 aromatic heterocycles. The molecule has 2 aliphatic rings. The van der Waals surface area contributed by atoms with E-state index in [1.807, 2.05) is 31.2 Å². The minimum atomic E-state index is -1.01. The lowest BCUT2D eigenvalue weighted by Gasteiger charge is -2.47. The van der Waals surface area contributed by atoms with Gasteiger partial charge in [0.1, 0.15) is 0 Å². The Kier molecular flexibility index (Phi) is 10.9. The number of urea groups is 1. The Hall–Kier alpha value is -2.81. The number of amides is 3. The Morgan fingerprint density at radius 1 is 0.976 bits per heavy atom. The summed E-state index contributed by atoms with van der Waals surface area (Å²) in [4.78, 5) is 44.8. The quantitative estimate of drug-likeness (QED) is 0.309. The predicted molar refractivity (Wildman–Crippen MR) is 163 cm³/mol. The Labute approximate surface area is 252 Å². The second-order valence-electron chi connectivity index (χ2n) is 11.5. The number of hydrogen-bond acceptors (Lipinski definition) is 4. The van der Waals surface area contributed by atoms with Gasteiger partial charge >= 0.3 is 12.0 Å². The van der Waals surface area contributed by atoms with Gasteiger partial charge in [-0.2, -0.15) is 0 Å². The molecule has 222 valence electrons. The number of aryl methyl sites for hydroxylation is 1. The molecule has 2 fully saturated rings. The molecule has 10 heteroatoms. The zero-order valence-electron chi connectivity index (χ0n) is 23.7. The average Bonchev–Trinajstić information content (AvgIpc) is 3.19. The van der Waals surface area contributed by atoms with Crippen molar-refractivity contribution in [3.63, 3.8) is 0 Å². The number of rotatable bonds is 11. The summed E-state index contributed by atoms with van der Waals surface area (Å²) in [5.74, 6) is -1.22. The van der Waals surface area contributed by atoms with Crippen LogP contribution in [-0.4, -0.2) is 72.1 Å². The van der Waals surface area contributed by atoms with Gasteiger partial charge in [0.05, 0.1) is 6.42 Å². The van der Waals surface area contributed by atoms with Crippen LogP contribution in [0.2, 0.25) is 10.0 Å². The van der Waals surface area contributed by atoms with Crippen LogP contribution in [0.25, 0.3) is 0 Å². The third-order valence-electron chi connectivity index (χ3n) is 7.98. The van der Waals surface area contributed by atoms with Gasteiger partial charge in [-0.25, -0.2) is 4.79 Å². The maximum atomic E-state index is 13.8. The number of nitrogens with one attached hydrogen (secondary N) is 1. The number of nitrogens with zero attached hydrogens (tertiary/aromatic N) is 3. The molecule has 3 amide bonds. The summed E-state index contributed by atoms with van der Waals surface area (Å²) in [5, 5.41) is 13.9. The molecule has 2 aromatic carbocycles. The van der Waals surface area contributed by atoms with Crippen LogP contribution in [0.15, 0.2) is 42.5 Å². The summed E-state index contributed by atoms with van der Waals surface area (Å²) in [6.07, 6.45) is 5.57. The van der Waals surface area contributed by atoms with Gasteiger partial charge in [-0.05, 0) is 75.6 Å². The molecule has 0 radical (unpaired) electrons. The first-order valence-corrected chi connectivity index (χ1v) is 15.2. The van der Waals surface area contributed by atoms with E-state index in [1.165, 1.54) is 25.7 Å². The third kappa shape index (κ3) is 8.84. The average molecular weight is 604 g/mol. The molecular formula is C31H40Cl2N4O4. The standard InChI is InChI=1S/C31H40Cl2N4O4/c1-23-7-11-26(12-8-23)37-22-31(19-29(39)40,18-28(38)34-13-6-16-35-14-4-2-3-5-15-35)21-36(30(37)41)20-24-9-10-25(32)17-27(24)33/h7-12,17H,2-6,13-16,18-22H2,1H3,(H,34,38)(H,39,40). The van der Waals surface area contributed by atoms with Crippen molar-refractivity contribution in [3.8, 4) is 0 Å². The minimum Gasteiger partial charge on any atom is -0.481 e. The minimum absolute atomic E-state index is 0.0104. The summed E-state index contributed by atoms with van der Waals surface area (Å²) < 4.78 is 0. The molecule has 0 spiro atoms. The highest BCUT2D eigenvalue weighted by molar-refractivity contribution is 6.35. The molecular weight excluding hydrogens is 563 g/mol. The van der Waals surface area contributed by atoms with Gasteiger partial charge in [0.15, 0.2) is 0 Å². The summed E-state index contributed by atoms with van der Waals surface area (Å²) in [5.41, 5.74) is 1.38. The van der Waals surface area contributed by atoms with Crippen LogP contribution in [0, 0.1) is 12.3 Å². The fourth-order valence-corrected chi connectivity index (χ4v) is 6.37. The second kappa shape index (κ2) is 14.4. The van der Waals surface area contributed by atoms with Gasteiger partial charge in [0.25, 0.3) is 0 Å². The molecule has 8 nitrogen and oxygen atoms in total. The molecule has 2 aromatic rings. The molecule has 2 heterocycles. The highest BCUT2D eigenvalue weighted by Gasteiger charge is 2.46. The first kappa shape index (κ1) is 31.1.